The molecule has 6 heteroatoms. The molecule has 1 fully saturated rings. The van der Waals surface area contributed by atoms with E-state index in [2.05, 4.69) is 27.3 Å². The molecule has 2 heterocycles. The van der Waals surface area contributed by atoms with Gasteiger partial charge in [0.15, 0.2) is 0 Å². The van der Waals surface area contributed by atoms with E-state index < -0.39 is 0 Å². The smallest absolute Gasteiger partial charge is 0.230 e. The molecule has 0 saturated carbocycles. The number of hydrogen-bond acceptors (Lipinski definition) is 5. The number of aromatic nitrogens is 1. The third-order valence-electron chi connectivity index (χ3n) is 4.92. The third-order valence-corrected chi connectivity index (χ3v) is 5.79. The topological polar surface area (TPSA) is 54.5 Å². The predicted octanol–water partition coefficient (Wildman–Crippen LogP) is 4.89. The molecule has 0 spiro atoms. The lowest BCUT2D eigenvalue weighted by atomic mass is 10.1. The van der Waals surface area contributed by atoms with Crippen molar-refractivity contribution in [1.29, 1.82) is 0 Å². The highest BCUT2D eigenvalue weighted by Gasteiger charge is 2.12. The highest BCUT2D eigenvalue weighted by molar-refractivity contribution is 7.09. The van der Waals surface area contributed by atoms with Crippen molar-refractivity contribution in [3.63, 3.8) is 0 Å². The number of para-hydroxylation sites is 1. The molecule has 1 N–H and O–H groups in total. The average Bonchev–Trinajstić information content (AvgIpc) is 3.21. The molecule has 0 unspecified atom stereocenters. The van der Waals surface area contributed by atoms with Crippen molar-refractivity contribution in [3.8, 4) is 5.75 Å². The quantitative estimate of drug-likeness (QED) is 0.606. The van der Waals surface area contributed by atoms with Gasteiger partial charge in [-0.15, -0.1) is 11.3 Å². The van der Waals surface area contributed by atoms with Crippen molar-refractivity contribution in [2.45, 2.75) is 32.3 Å². The van der Waals surface area contributed by atoms with Crippen molar-refractivity contribution in [2.24, 2.45) is 0 Å². The zero-order chi connectivity index (χ0) is 19.9. The van der Waals surface area contributed by atoms with Crippen LogP contribution >= 0.6 is 11.3 Å². The first-order valence-electron chi connectivity index (χ1n) is 10.0. The summed E-state index contributed by atoms with van der Waals surface area (Å²) < 4.78 is 5.71. The Labute approximate surface area is 175 Å². The molecule has 1 saturated heterocycles. The number of nitrogens with zero attached hydrogens (tertiary/aromatic N) is 2. The summed E-state index contributed by atoms with van der Waals surface area (Å²) in [6.45, 7) is 2.64. The lowest BCUT2D eigenvalue weighted by Gasteiger charge is -2.28. The van der Waals surface area contributed by atoms with E-state index in [0.717, 1.165) is 35.2 Å². The van der Waals surface area contributed by atoms with E-state index in [1.54, 1.807) is 0 Å². The van der Waals surface area contributed by atoms with Crippen LogP contribution in [0.2, 0.25) is 0 Å². The Bertz CT molecular complexity index is 919. The van der Waals surface area contributed by atoms with E-state index in [1.165, 1.54) is 36.3 Å². The van der Waals surface area contributed by atoms with Gasteiger partial charge >= 0.3 is 0 Å². The van der Waals surface area contributed by atoms with E-state index in [-0.39, 0.29) is 12.3 Å². The molecule has 0 radical (unpaired) electrons. The average molecular weight is 408 g/mol. The molecule has 5 nitrogen and oxygen atoms in total. The summed E-state index contributed by atoms with van der Waals surface area (Å²) in [5.74, 6) is 0.756. The van der Waals surface area contributed by atoms with Crippen LogP contribution in [0.5, 0.6) is 5.75 Å². The van der Waals surface area contributed by atoms with E-state index >= 15 is 0 Å². The lowest BCUT2D eigenvalue weighted by molar-refractivity contribution is -0.115. The van der Waals surface area contributed by atoms with Gasteiger partial charge in [0.25, 0.3) is 0 Å². The van der Waals surface area contributed by atoms with Gasteiger partial charge in [-0.2, -0.15) is 0 Å². The van der Waals surface area contributed by atoms with Crippen molar-refractivity contribution >= 4 is 28.6 Å². The molecule has 150 valence electrons. The first-order chi connectivity index (χ1) is 14.3. The highest BCUT2D eigenvalue weighted by atomic mass is 32.1. The first-order valence-corrected chi connectivity index (χ1v) is 10.9. The number of thiazole rings is 1. The van der Waals surface area contributed by atoms with E-state index in [4.69, 9.17) is 4.74 Å². The van der Waals surface area contributed by atoms with Crippen molar-refractivity contribution in [1.82, 2.24) is 4.98 Å². The summed E-state index contributed by atoms with van der Waals surface area (Å²) in [4.78, 5) is 19.3. The number of benzene rings is 2. The zero-order valence-electron chi connectivity index (χ0n) is 16.3. The minimum Gasteiger partial charge on any atom is -0.486 e. The molecule has 29 heavy (non-hydrogen) atoms. The van der Waals surface area contributed by atoms with Crippen LogP contribution < -0.4 is 15.0 Å². The fraction of sp³-hybridized carbons (Fsp3) is 0.304. The van der Waals surface area contributed by atoms with Crippen molar-refractivity contribution in [3.05, 3.63) is 70.7 Å². The Hall–Kier alpha value is -2.86. The number of anilines is 2. The van der Waals surface area contributed by atoms with Crippen molar-refractivity contribution in [2.75, 3.05) is 23.3 Å². The molecular weight excluding hydrogens is 382 g/mol. The van der Waals surface area contributed by atoms with Crippen LogP contribution in [0.25, 0.3) is 0 Å². The van der Waals surface area contributed by atoms with Gasteiger partial charge in [-0.1, -0.05) is 18.2 Å². The fourth-order valence-corrected chi connectivity index (χ4v) is 4.14. The van der Waals surface area contributed by atoms with Gasteiger partial charge in [0, 0.05) is 29.8 Å². The SMILES string of the molecule is O=C(Cc1csc(COc2ccccc2)n1)Nc1ccc(N2CCCCC2)cc1. The van der Waals surface area contributed by atoms with Crippen LogP contribution in [0.1, 0.15) is 30.0 Å². The number of rotatable bonds is 7. The molecule has 1 aromatic heterocycles. The molecular formula is C23H25N3O2S. The largest absolute Gasteiger partial charge is 0.486 e. The second kappa shape index (κ2) is 9.56. The maximum absolute atomic E-state index is 12.4. The maximum atomic E-state index is 12.4. The number of carbonyl (C=O) groups excluding carboxylic acids is 1. The minimum atomic E-state index is -0.0587. The predicted molar refractivity (Wildman–Crippen MR) is 118 cm³/mol. The van der Waals surface area contributed by atoms with Crippen LogP contribution in [0.4, 0.5) is 11.4 Å². The van der Waals surface area contributed by atoms with Crippen LogP contribution in [-0.4, -0.2) is 24.0 Å². The van der Waals surface area contributed by atoms with Gasteiger partial charge in [0.05, 0.1) is 12.1 Å². The Balaban J connectivity index is 1.26. The first kappa shape index (κ1) is 19.5. The number of nitrogens with one attached hydrogen (secondary N) is 1. The standard InChI is InChI=1S/C23H25N3O2S/c27-22(24-18-9-11-20(12-10-18)26-13-5-2-6-14-26)15-19-17-29-23(25-19)16-28-21-7-3-1-4-8-21/h1,3-4,7-12,17H,2,5-6,13-16H2,(H,24,27). The Kier molecular flexibility index (Phi) is 6.42. The molecule has 3 aromatic rings. The third kappa shape index (κ3) is 5.57. The Morgan fingerprint density at radius 3 is 2.55 bits per heavy atom. The van der Waals surface area contributed by atoms with E-state index in [0.29, 0.717) is 6.61 Å². The molecule has 1 amide bonds. The second-order valence-corrected chi connectivity index (χ2v) is 8.10. The molecule has 0 atom stereocenters. The zero-order valence-corrected chi connectivity index (χ0v) is 17.2. The molecule has 2 aromatic carbocycles. The van der Waals surface area contributed by atoms with E-state index in [9.17, 15) is 4.79 Å². The summed E-state index contributed by atoms with van der Waals surface area (Å²) in [7, 11) is 0. The van der Waals surface area contributed by atoms with Crippen LogP contribution in [-0.2, 0) is 17.8 Å². The monoisotopic (exact) mass is 407 g/mol. The number of carbonyl (C=O) groups is 1. The minimum absolute atomic E-state index is 0.0587. The number of ether oxygens (including phenoxy) is 1. The summed E-state index contributed by atoms with van der Waals surface area (Å²) in [6.07, 6.45) is 4.09. The van der Waals surface area contributed by atoms with Crippen LogP contribution in [0, 0.1) is 0 Å². The number of amides is 1. The number of hydrogen-bond donors (Lipinski definition) is 1. The summed E-state index contributed by atoms with van der Waals surface area (Å²) in [5, 5.41) is 5.75. The summed E-state index contributed by atoms with van der Waals surface area (Å²) in [5.41, 5.74) is 2.81. The van der Waals surface area contributed by atoms with Crippen molar-refractivity contribution < 1.29 is 9.53 Å². The molecule has 0 aliphatic carbocycles. The molecule has 1 aliphatic rings. The summed E-state index contributed by atoms with van der Waals surface area (Å²) in [6, 6.07) is 17.8. The lowest BCUT2D eigenvalue weighted by Crippen LogP contribution is -2.29. The fourth-order valence-electron chi connectivity index (χ4n) is 3.44. The Morgan fingerprint density at radius 1 is 1.03 bits per heavy atom. The highest BCUT2D eigenvalue weighted by Crippen LogP contribution is 2.22. The molecule has 1 aliphatic heterocycles. The van der Waals surface area contributed by atoms with Gasteiger partial charge in [0.1, 0.15) is 17.4 Å². The van der Waals surface area contributed by atoms with E-state index in [1.807, 2.05) is 47.8 Å². The summed E-state index contributed by atoms with van der Waals surface area (Å²) >= 11 is 1.51. The molecule has 4 rings (SSSR count). The second-order valence-electron chi connectivity index (χ2n) is 7.15. The maximum Gasteiger partial charge on any atom is 0.230 e. The van der Waals surface area contributed by atoms with Gasteiger partial charge in [-0.25, -0.2) is 4.98 Å². The van der Waals surface area contributed by atoms with Gasteiger partial charge in [-0.05, 0) is 55.7 Å². The normalized spacial score (nSPS) is 13.9. The Morgan fingerprint density at radius 2 is 1.79 bits per heavy atom. The van der Waals surface area contributed by atoms with Gasteiger partial charge in [-0.3, -0.25) is 4.79 Å². The number of piperidine rings is 1. The van der Waals surface area contributed by atoms with Crippen LogP contribution in [0.15, 0.2) is 60.0 Å². The van der Waals surface area contributed by atoms with Crippen LogP contribution in [0.3, 0.4) is 0 Å². The van der Waals surface area contributed by atoms with Gasteiger partial charge in [0.2, 0.25) is 5.91 Å². The van der Waals surface area contributed by atoms with Gasteiger partial charge < -0.3 is 15.0 Å². The molecule has 0 bridgehead atoms.